The van der Waals surface area contributed by atoms with Crippen molar-refractivity contribution in [3.8, 4) is 6.07 Å². The van der Waals surface area contributed by atoms with Gasteiger partial charge in [0.25, 0.3) is 0 Å². The molecule has 1 saturated heterocycles. The molecule has 2 bridgehead atoms. The maximum absolute atomic E-state index is 12.7. The molecule has 0 N–H and O–H groups in total. The summed E-state index contributed by atoms with van der Waals surface area (Å²) in [5.74, 6) is -0.191. The Labute approximate surface area is 129 Å². The number of hydrogen-bond acceptors (Lipinski definition) is 3. The Kier molecular flexibility index (Phi) is 2.74. The molecule has 110 valence electrons. The van der Waals surface area contributed by atoms with E-state index in [4.69, 9.17) is 5.26 Å². The molecule has 0 radical (unpaired) electrons. The van der Waals surface area contributed by atoms with E-state index >= 15 is 0 Å². The molecule has 0 spiro atoms. The van der Waals surface area contributed by atoms with Crippen LogP contribution in [0.4, 0.5) is 5.69 Å². The summed E-state index contributed by atoms with van der Waals surface area (Å²) in [7, 11) is 0. The molecule has 0 aromatic heterocycles. The molecule has 1 saturated carbocycles. The monoisotopic (exact) mass is 292 g/mol. The van der Waals surface area contributed by atoms with E-state index in [1.807, 2.05) is 19.1 Å². The van der Waals surface area contributed by atoms with Crippen molar-refractivity contribution in [1.29, 1.82) is 5.26 Å². The van der Waals surface area contributed by atoms with Crippen molar-refractivity contribution in [3.05, 3.63) is 42.0 Å². The van der Waals surface area contributed by atoms with Crippen molar-refractivity contribution in [2.45, 2.75) is 19.3 Å². The van der Waals surface area contributed by atoms with Gasteiger partial charge in [-0.1, -0.05) is 24.3 Å². The number of anilines is 1. The van der Waals surface area contributed by atoms with Gasteiger partial charge >= 0.3 is 0 Å². The zero-order chi connectivity index (χ0) is 15.4. The van der Waals surface area contributed by atoms with Crippen LogP contribution in [-0.4, -0.2) is 11.8 Å². The summed E-state index contributed by atoms with van der Waals surface area (Å²) in [5.41, 5.74) is 1.52. The summed E-state index contributed by atoms with van der Waals surface area (Å²) >= 11 is 0. The molecule has 0 unspecified atom stereocenters. The number of benzene rings is 1. The molecule has 5 atom stereocenters. The number of fused-ring (bicyclic) bond motifs is 5. The quantitative estimate of drug-likeness (QED) is 0.622. The van der Waals surface area contributed by atoms with Gasteiger partial charge < -0.3 is 0 Å². The predicted octanol–water partition coefficient (Wildman–Crippen LogP) is 2.63. The number of amides is 2. The molecular formula is C18H16N2O2. The van der Waals surface area contributed by atoms with E-state index in [-0.39, 0.29) is 41.4 Å². The van der Waals surface area contributed by atoms with Gasteiger partial charge in [-0.2, -0.15) is 5.26 Å². The van der Waals surface area contributed by atoms with E-state index in [0.29, 0.717) is 5.69 Å². The summed E-state index contributed by atoms with van der Waals surface area (Å²) in [4.78, 5) is 26.7. The number of carbonyl (C=O) groups is 2. The first-order valence-corrected chi connectivity index (χ1v) is 7.67. The van der Waals surface area contributed by atoms with Crippen LogP contribution in [0.5, 0.6) is 0 Å². The van der Waals surface area contributed by atoms with Gasteiger partial charge in [0.05, 0.1) is 29.5 Å². The lowest BCUT2D eigenvalue weighted by Gasteiger charge is -2.17. The fraction of sp³-hybridized carbons (Fsp3) is 0.389. The number of allylic oxidation sites excluding steroid dienone is 2. The molecule has 1 aliphatic heterocycles. The highest BCUT2D eigenvalue weighted by atomic mass is 16.2. The van der Waals surface area contributed by atoms with Gasteiger partial charge in [-0.25, -0.2) is 0 Å². The second-order valence-corrected chi connectivity index (χ2v) is 6.45. The lowest BCUT2D eigenvalue weighted by Crippen LogP contribution is -2.32. The summed E-state index contributed by atoms with van der Waals surface area (Å²) < 4.78 is 0. The minimum atomic E-state index is -0.196. The molecule has 22 heavy (non-hydrogen) atoms. The van der Waals surface area contributed by atoms with Crippen molar-refractivity contribution < 1.29 is 9.59 Å². The molecule has 1 heterocycles. The van der Waals surface area contributed by atoms with E-state index in [2.05, 4.69) is 18.2 Å². The van der Waals surface area contributed by atoms with Gasteiger partial charge in [0.15, 0.2) is 0 Å². The Hall–Kier alpha value is -2.41. The van der Waals surface area contributed by atoms with E-state index in [1.165, 1.54) is 4.90 Å². The zero-order valence-corrected chi connectivity index (χ0v) is 12.3. The van der Waals surface area contributed by atoms with E-state index in [0.717, 1.165) is 12.0 Å². The van der Waals surface area contributed by atoms with Crippen LogP contribution in [0.15, 0.2) is 36.4 Å². The van der Waals surface area contributed by atoms with Gasteiger partial charge in [-0.15, -0.1) is 0 Å². The fourth-order valence-electron chi connectivity index (χ4n) is 4.14. The number of nitriles is 1. The van der Waals surface area contributed by atoms with Crippen LogP contribution >= 0.6 is 0 Å². The third-order valence-electron chi connectivity index (χ3n) is 5.32. The van der Waals surface area contributed by atoms with E-state index in [1.54, 1.807) is 12.1 Å². The summed E-state index contributed by atoms with van der Waals surface area (Å²) in [6.07, 6.45) is 5.13. The van der Waals surface area contributed by atoms with Gasteiger partial charge in [-0.3, -0.25) is 14.5 Å². The molecule has 2 amide bonds. The Morgan fingerprint density at radius 1 is 1.09 bits per heavy atom. The number of carbonyl (C=O) groups excluding carboxylic acids is 2. The number of rotatable bonds is 2. The Morgan fingerprint density at radius 2 is 1.64 bits per heavy atom. The maximum atomic E-state index is 12.7. The van der Waals surface area contributed by atoms with Crippen LogP contribution in [-0.2, 0) is 9.59 Å². The van der Waals surface area contributed by atoms with Crippen LogP contribution in [0, 0.1) is 35.0 Å². The maximum Gasteiger partial charge on any atom is 0.238 e. The van der Waals surface area contributed by atoms with Crippen LogP contribution in [0.25, 0.3) is 0 Å². The topological polar surface area (TPSA) is 61.2 Å². The molecule has 4 nitrogen and oxygen atoms in total. The normalized spacial score (nSPS) is 33.2. The van der Waals surface area contributed by atoms with Crippen molar-refractivity contribution >= 4 is 17.5 Å². The third-order valence-corrected chi connectivity index (χ3v) is 5.32. The third kappa shape index (κ3) is 1.62. The number of nitrogens with zero attached hydrogens (tertiary/aromatic N) is 2. The van der Waals surface area contributed by atoms with Crippen LogP contribution in [0.3, 0.4) is 0 Å². The SMILES string of the molecule is C[C@H](C#N)c1ccc(N2C(=O)[C@H]3[C@H](C2=O)[C@H]2C=C[C@H]3C2)cc1. The highest BCUT2D eigenvalue weighted by molar-refractivity contribution is 6.22. The van der Waals surface area contributed by atoms with Crippen LogP contribution < -0.4 is 4.90 Å². The number of imide groups is 1. The molecule has 4 heteroatoms. The largest absolute Gasteiger partial charge is 0.274 e. The Balaban J connectivity index is 1.66. The minimum Gasteiger partial charge on any atom is -0.274 e. The fourth-order valence-corrected chi connectivity index (χ4v) is 4.14. The first kappa shape index (κ1) is 13.3. The molecule has 2 fully saturated rings. The average Bonchev–Trinajstić information content (AvgIpc) is 3.21. The summed E-state index contributed by atoms with van der Waals surface area (Å²) in [6, 6.07) is 9.38. The zero-order valence-electron chi connectivity index (χ0n) is 12.3. The van der Waals surface area contributed by atoms with Gasteiger partial charge in [0.1, 0.15) is 0 Å². The first-order valence-electron chi connectivity index (χ1n) is 7.67. The molecule has 1 aromatic carbocycles. The van der Waals surface area contributed by atoms with Crippen molar-refractivity contribution in [2.24, 2.45) is 23.7 Å². The second kappa shape index (κ2) is 4.54. The first-order chi connectivity index (χ1) is 10.6. The smallest absolute Gasteiger partial charge is 0.238 e. The molecular weight excluding hydrogens is 276 g/mol. The molecule has 4 rings (SSSR count). The van der Waals surface area contributed by atoms with Gasteiger partial charge in [-0.05, 0) is 42.9 Å². The highest BCUT2D eigenvalue weighted by Crippen LogP contribution is 2.53. The van der Waals surface area contributed by atoms with Crippen LogP contribution in [0.1, 0.15) is 24.8 Å². The standard InChI is InChI=1S/C18H16N2O2/c1-10(9-19)11-4-6-14(7-5-11)20-17(21)15-12-2-3-13(8-12)16(15)18(20)22/h2-7,10,12-13,15-16H,8H2,1H3/t10-,12+,13+,15-,16-/m1/s1. The van der Waals surface area contributed by atoms with E-state index in [9.17, 15) is 9.59 Å². The predicted molar refractivity (Wildman–Crippen MR) is 80.7 cm³/mol. The second-order valence-electron chi connectivity index (χ2n) is 6.45. The van der Waals surface area contributed by atoms with Crippen molar-refractivity contribution in [2.75, 3.05) is 4.90 Å². The van der Waals surface area contributed by atoms with Crippen molar-refractivity contribution in [1.82, 2.24) is 0 Å². The van der Waals surface area contributed by atoms with E-state index < -0.39 is 0 Å². The lowest BCUT2D eigenvalue weighted by molar-refractivity contribution is -0.123. The summed E-state index contributed by atoms with van der Waals surface area (Å²) in [5, 5.41) is 8.95. The number of hydrogen-bond donors (Lipinski definition) is 0. The lowest BCUT2D eigenvalue weighted by atomic mass is 9.85. The Bertz CT molecular complexity index is 698. The van der Waals surface area contributed by atoms with Crippen molar-refractivity contribution in [3.63, 3.8) is 0 Å². The van der Waals surface area contributed by atoms with Gasteiger partial charge in [0.2, 0.25) is 11.8 Å². The van der Waals surface area contributed by atoms with Gasteiger partial charge in [0, 0.05) is 0 Å². The molecule has 3 aliphatic rings. The average molecular weight is 292 g/mol. The summed E-state index contributed by atoms with van der Waals surface area (Å²) in [6.45, 7) is 1.83. The minimum absolute atomic E-state index is 0.0621. The van der Waals surface area contributed by atoms with Crippen LogP contribution in [0.2, 0.25) is 0 Å². The highest BCUT2D eigenvalue weighted by Gasteiger charge is 2.59. The molecule has 2 aliphatic carbocycles. The molecule has 1 aromatic rings. The Morgan fingerprint density at radius 3 is 2.14 bits per heavy atom.